The number of halogens is 1. The number of aliphatic hydroxyl groups is 1. The number of ether oxygens (including phenoxy) is 2. The molecule has 0 aromatic heterocycles. The van der Waals surface area contributed by atoms with Gasteiger partial charge in [0.15, 0.2) is 0 Å². The molecule has 4 heterocycles. The van der Waals surface area contributed by atoms with Crippen LogP contribution in [0.4, 0.5) is 5.69 Å². The van der Waals surface area contributed by atoms with Crippen LogP contribution in [0, 0.1) is 17.8 Å². The fourth-order valence-electron chi connectivity index (χ4n) is 6.57. The van der Waals surface area contributed by atoms with Gasteiger partial charge in [-0.05, 0) is 56.4 Å². The van der Waals surface area contributed by atoms with Gasteiger partial charge in [0.05, 0.1) is 30.8 Å². The molecule has 1 unspecified atom stereocenters. The molecule has 0 saturated carbocycles. The smallest absolute Gasteiger partial charge is 0.313 e. The molecule has 1 spiro atoms. The van der Waals surface area contributed by atoms with Crippen LogP contribution < -0.4 is 4.90 Å². The van der Waals surface area contributed by atoms with Gasteiger partial charge in [-0.3, -0.25) is 14.4 Å². The molecule has 1 N–H and O–H groups in total. The number of amides is 2. The van der Waals surface area contributed by atoms with E-state index in [2.05, 4.69) is 0 Å². The molecule has 1 aromatic carbocycles. The summed E-state index contributed by atoms with van der Waals surface area (Å²) in [5.74, 6) is -3.28. The van der Waals surface area contributed by atoms with Crippen LogP contribution in [-0.2, 0) is 23.9 Å². The van der Waals surface area contributed by atoms with Crippen LogP contribution in [0.15, 0.2) is 48.6 Å². The maximum atomic E-state index is 14.4. The highest BCUT2D eigenvalue weighted by Crippen LogP contribution is 2.57. The van der Waals surface area contributed by atoms with E-state index in [4.69, 9.17) is 21.1 Å². The Morgan fingerprint density at radius 3 is 2.47 bits per heavy atom. The molecule has 38 heavy (non-hydrogen) atoms. The van der Waals surface area contributed by atoms with Gasteiger partial charge in [0.25, 0.3) is 5.91 Å². The second-order valence-electron chi connectivity index (χ2n) is 11.1. The van der Waals surface area contributed by atoms with Crippen molar-refractivity contribution in [2.75, 3.05) is 24.7 Å². The Morgan fingerprint density at radius 1 is 1.05 bits per heavy atom. The van der Waals surface area contributed by atoms with Crippen LogP contribution in [0.25, 0.3) is 0 Å². The number of hydrogen-bond acceptors (Lipinski definition) is 6. The summed E-state index contributed by atoms with van der Waals surface area (Å²) >= 11 is 6.10. The standard InChI is InChI=1S/C29H35ClN2O6/c1-18(2)21(17-33)32-24-26(35)31(20-11-9-19(30)10-12-20)15-8-14-29(24)22(25(32)34)23-27(36)37-16-7-5-4-6-13-28(23,3)38-29/h6,8-14,18,21-24,33H,4-5,7,15-17H2,1-3H3/b13-6-/t21-,22-,23-,24?,28+,29-/m0/s1. The average molecular weight is 543 g/mol. The molecule has 4 aliphatic heterocycles. The van der Waals surface area contributed by atoms with Crippen LogP contribution in [-0.4, -0.2) is 70.8 Å². The Morgan fingerprint density at radius 2 is 1.79 bits per heavy atom. The summed E-state index contributed by atoms with van der Waals surface area (Å²) in [7, 11) is 0. The molecule has 4 aliphatic rings. The molecule has 8 nitrogen and oxygen atoms in total. The molecule has 6 atom stereocenters. The van der Waals surface area contributed by atoms with Gasteiger partial charge < -0.3 is 24.4 Å². The summed E-state index contributed by atoms with van der Waals surface area (Å²) in [6.45, 7) is 5.79. The van der Waals surface area contributed by atoms with Crippen LogP contribution in [0.2, 0.25) is 5.02 Å². The number of cyclic esters (lactones) is 1. The van der Waals surface area contributed by atoms with Crippen LogP contribution in [0.5, 0.6) is 0 Å². The molecular weight excluding hydrogens is 508 g/mol. The number of aliphatic hydroxyl groups excluding tert-OH is 1. The Kier molecular flexibility index (Phi) is 7.18. The van der Waals surface area contributed by atoms with Crippen molar-refractivity contribution in [1.82, 2.24) is 4.90 Å². The van der Waals surface area contributed by atoms with Crippen molar-refractivity contribution >= 4 is 35.1 Å². The fraction of sp³-hybridized carbons (Fsp3) is 0.552. The second-order valence-corrected chi connectivity index (χ2v) is 11.6. The minimum atomic E-state index is -1.41. The number of carbonyl (C=O) groups excluding carboxylic acids is 3. The molecule has 1 aromatic rings. The number of nitrogens with zero attached hydrogens (tertiary/aromatic N) is 2. The molecular formula is C29H35ClN2O6. The first-order valence-corrected chi connectivity index (χ1v) is 13.7. The predicted molar refractivity (Wildman–Crippen MR) is 142 cm³/mol. The van der Waals surface area contributed by atoms with E-state index in [1.165, 1.54) is 4.90 Å². The number of esters is 1. The van der Waals surface area contributed by atoms with E-state index in [0.717, 1.165) is 19.3 Å². The van der Waals surface area contributed by atoms with Crippen LogP contribution in [0.1, 0.15) is 40.0 Å². The maximum absolute atomic E-state index is 14.4. The number of anilines is 1. The summed E-state index contributed by atoms with van der Waals surface area (Å²) in [5.41, 5.74) is -1.93. The minimum Gasteiger partial charge on any atom is -0.465 e. The van der Waals surface area contributed by atoms with Gasteiger partial charge in [-0.2, -0.15) is 0 Å². The first kappa shape index (κ1) is 26.9. The lowest BCUT2D eigenvalue weighted by Gasteiger charge is -2.41. The zero-order valence-electron chi connectivity index (χ0n) is 22.0. The van der Waals surface area contributed by atoms with E-state index < -0.39 is 41.1 Å². The zero-order chi connectivity index (χ0) is 27.2. The van der Waals surface area contributed by atoms with Crippen molar-refractivity contribution in [1.29, 1.82) is 0 Å². The van der Waals surface area contributed by atoms with Gasteiger partial charge in [0.1, 0.15) is 17.6 Å². The second kappa shape index (κ2) is 10.1. The largest absolute Gasteiger partial charge is 0.465 e. The lowest BCUT2D eigenvalue weighted by molar-refractivity contribution is -0.160. The third-order valence-corrected chi connectivity index (χ3v) is 8.64. The molecule has 5 rings (SSSR count). The molecule has 0 bridgehead atoms. The Balaban J connectivity index is 1.68. The van der Waals surface area contributed by atoms with Gasteiger partial charge in [-0.1, -0.05) is 49.8 Å². The van der Waals surface area contributed by atoms with Crippen LogP contribution in [0.3, 0.4) is 0 Å². The Hall–Kier alpha value is -2.68. The number of benzene rings is 1. The van der Waals surface area contributed by atoms with Crippen molar-refractivity contribution in [2.24, 2.45) is 17.8 Å². The van der Waals surface area contributed by atoms with E-state index in [1.54, 1.807) is 42.2 Å². The van der Waals surface area contributed by atoms with Gasteiger partial charge in [0.2, 0.25) is 5.91 Å². The SMILES string of the molecule is CC(C)[C@H](CO)N1C(=O)[C@@H]2[C@H]3C(=O)OCCCC/C=C\[C@@]3(C)O[C@@]23C=CCN(c2ccc(Cl)cc2)C(=O)C13. The summed E-state index contributed by atoms with van der Waals surface area (Å²) in [6, 6.07) is 5.22. The summed E-state index contributed by atoms with van der Waals surface area (Å²) in [5, 5.41) is 10.9. The number of likely N-dealkylation sites (tertiary alicyclic amines) is 1. The van der Waals surface area contributed by atoms with Crippen LogP contribution >= 0.6 is 11.6 Å². The molecule has 0 aliphatic carbocycles. The molecule has 2 saturated heterocycles. The first-order chi connectivity index (χ1) is 18.1. The lowest BCUT2D eigenvalue weighted by atomic mass is 9.74. The van der Waals surface area contributed by atoms with E-state index in [0.29, 0.717) is 10.7 Å². The lowest BCUT2D eigenvalue weighted by Crippen LogP contribution is -2.59. The Labute approximate surface area is 228 Å². The minimum absolute atomic E-state index is 0.147. The van der Waals surface area contributed by atoms with E-state index >= 15 is 0 Å². The third-order valence-electron chi connectivity index (χ3n) is 8.39. The van der Waals surface area contributed by atoms with Crippen molar-refractivity contribution in [3.05, 3.63) is 53.6 Å². The van der Waals surface area contributed by atoms with Crippen molar-refractivity contribution in [2.45, 2.75) is 63.3 Å². The Bertz CT molecular complexity index is 1170. The highest BCUT2D eigenvalue weighted by atomic mass is 35.5. The van der Waals surface area contributed by atoms with Crippen molar-refractivity contribution in [3.8, 4) is 0 Å². The number of allylic oxidation sites excluding steroid dienone is 1. The normalized spacial score (nSPS) is 34.9. The monoisotopic (exact) mass is 542 g/mol. The number of hydrogen-bond donors (Lipinski definition) is 1. The topological polar surface area (TPSA) is 96.4 Å². The molecule has 2 fully saturated rings. The third kappa shape index (κ3) is 4.17. The highest BCUT2D eigenvalue weighted by Gasteiger charge is 2.75. The molecule has 9 heteroatoms. The number of carbonyl (C=O) groups is 3. The fourth-order valence-corrected chi connectivity index (χ4v) is 6.69. The summed E-state index contributed by atoms with van der Waals surface area (Å²) < 4.78 is 12.5. The highest BCUT2D eigenvalue weighted by molar-refractivity contribution is 6.30. The summed E-state index contributed by atoms with van der Waals surface area (Å²) in [6.07, 6.45) is 9.87. The number of rotatable bonds is 4. The van der Waals surface area contributed by atoms with E-state index in [9.17, 15) is 19.5 Å². The first-order valence-electron chi connectivity index (χ1n) is 13.4. The van der Waals surface area contributed by atoms with E-state index in [-0.39, 0.29) is 37.5 Å². The van der Waals surface area contributed by atoms with Gasteiger partial charge >= 0.3 is 5.97 Å². The summed E-state index contributed by atoms with van der Waals surface area (Å²) in [4.78, 5) is 45.5. The zero-order valence-corrected chi connectivity index (χ0v) is 22.8. The van der Waals surface area contributed by atoms with E-state index in [1.807, 2.05) is 32.1 Å². The van der Waals surface area contributed by atoms with Gasteiger partial charge in [-0.25, -0.2) is 0 Å². The quantitative estimate of drug-likeness (QED) is 0.462. The number of fused-ring (bicyclic) bond motifs is 2. The predicted octanol–water partition coefficient (Wildman–Crippen LogP) is 3.51. The average Bonchev–Trinajstić information content (AvgIpc) is 3.20. The van der Waals surface area contributed by atoms with Crippen molar-refractivity contribution < 1.29 is 29.0 Å². The maximum Gasteiger partial charge on any atom is 0.313 e. The van der Waals surface area contributed by atoms with Crippen molar-refractivity contribution in [3.63, 3.8) is 0 Å². The molecule has 2 amide bonds. The molecule has 0 radical (unpaired) electrons. The molecule has 204 valence electrons. The van der Waals surface area contributed by atoms with Gasteiger partial charge in [0, 0.05) is 17.3 Å². The van der Waals surface area contributed by atoms with Gasteiger partial charge in [-0.15, -0.1) is 0 Å².